The van der Waals surface area contributed by atoms with E-state index in [0.717, 1.165) is 18.8 Å². The van der Waals surface area contributed by atoms with Crippen LogP contribution in [0.4, 0.5) is 0 Å². The molecule has 0 bridgehead atoms. The summed E-state index contributed by atoms with van der Waals surface area (Å²) in [6.45, 7) is 2.78. The van der Waals surface area contributed by atoms with Gasteiger partial charge < -0.3 is 13.9 Å². The Morgan fingerprint density at radius 2 is 2.42 bits per heavy atom. The van der Waals surface area contributed by atoms with E-state index in [1.807, 2.05) is 19.1 Å². The number of furan rings is 1. The Morgan fingerprint density at radius 3 is 3.08 bits per heavy atom. The summed E-state index contributed by atoms with van der Waals surface area (Å²) in [7, 11) is 0. The van der Waals surface area contributed by atoms with Crippen molar-refractivity contribution in [3.63, 3.8) is 0 Å². The van der Waals surface area contributed by atoms with E-state index in [0.29, 0.717) is 0 Å². The van der Waals surface area contributed by atoms with Crippen LogP contribution in [-0.4, -0.2) is 12.7 Å². The highest BCUT2D eigenvalue weighted by Crippen LogP contribution is 2.25. The molecule has 2 heterocycles. The molecule has 1 aliphatic heterocycles. The zero-order chi connectivity index (χ0) is 8.39. The molecule has 3 heteroatoms. The van der Waals surface area contributed by atoms with Gasteiger partial charge in [0.15, 0.2) is 5.76 Å². The summed E-state index contributed by atoms with van der Waals surface area (Å²) in [6.07, 6.45) is 2.54. The summed E-state index contributed by atoms with van der Waals surface area (Å²) in [5.41, 5.74) is 0. The Kier molecular flexibility index (Phi) is 2.15. The predicted octanol–water partition coefficient (Wildman–Crippen LogP) is 2.10. The predicted molar refractivity (Wildman–Crippen MR) is 42.6 cm³/mol. The monoisotopic (exact) mass is 168 g/mol. The number of hydrogen-bond acceptors (Lipinski definition) is 3. The van der Waals surface area contributed by atoms with Gasteiger partial charge in [-0.05, 0) is 25.5 Å². The van der Waals surface area contributed by atoms with Gasteiger partial charge in [-0.25, -0.2) is 0 Å². The first-order chi connectivity index (χ1) is 5.86. The van der Waals surface area contributed by atoms with Crippen LogP contribution in [0.5, 0.6) is 0 Å². The standard InChI is InChI=1S/C9H12O3/c1-7-4-6-11-9(12-7)8-3-2-5-10-8/h2-3,5,7,9H,4,6H2,1H3. The quantitative estimate of drug-likeness (QED) is 0.643. The Bertz CT molecular complexity index is 230. The van der Waals surface area contributed by atoms with Crippen molar-refractivity contribution in [2.45, 2.75) is 25.7 Å². The van der Waals surface area contributed by atoms with Crippen LogP contribution in [0, 0.1) is 0 Å². The van der Waals surface area contributed by atoms with E-state index in [9.17, 15) is 0 Å². The molecule has 2 rings (SSSR count). The van der Waals surface area contributed by atoms with Gasteiger partial charge in [0.05, 0.1) is 19.0 Å². The third kappa shape index (κ3) is 1.52. The maximum Gasteiger partial charge on any atom is 0.217 e. The van der Waals surface area contributed by atoms with Gasteiger partial charge in [0.25, 0.3) is 0 Å². The molecule has 0 radical (unpaired) electrons. The molecule has 1 aliphatic rings. The van der Waals surface area contributed by atoms with Crippen molar-refractivity contribution in [2.75, 3.05) is 6.61 Å². The number of hydrogen-bond donors (Lipinski definition) is 0. The molecule has 1 saturated heterocycles. The van der Waals surface area contributed by atoms with Gasteiger partial charge in [0.2, 0.25) is 6.29 Å². The van der Waals surface area contributed by atoms with Crippen LogP contribution in [0.2, 0.25) is 0 Å². The van der Waals surface area contributed by atoms with Gasteiger partial charge in [-0.2, -0.15) is 0 Å². The molecule has 12 heavy (non-hydrogen) atoms. The van der Waals surface area contributed by atoms with E-state index in [1.54, 1.807) is 6.26 Å². The van der Waals surface area contributed by atoms with Crippen LogP contribution in [0.15, 0.2) is 22.8 Å². The van der Waals surface area contributed by atoms with Gasteiger partial charge in [0.1, 0.15) is 0 Å². The fourth-order valence-corrected chi connectivity index (χ4v) is 1.23. The van der Waals surface area contributed by atoms with Gasteiger partial charge in [-0.1, -0.05) is 0 Å². The van der Waals surface area contributed by atoms with E-state index in [2.05, 4.69) is 0 Å². The molecule has 0 saturated carbocycles. The van der Waals surface area contributed by atoms with E-state index in [1.165, 1.54) is 0 Å². The van der Waals surface area contributed by atoms with Crippen molar-refractivity contribution in [2.24, 2.45) is 0 Å². The molecule has 0 aliphatic carbocycles. The highest BCUT2D eigenvalue weighted by molar-refractivity contribution is 5.00. The molecule has 1 aromatic heterocycles. The Morgan fingerprint density at radius 1 is 1.50 bits per heavy atom. The summed E-state index contributed by atoms with van der Waals surface area (Å²) in [6, 6.07) is 3.70. The van der Waals surface area contributed by atoms with Crippen molar-refractivity contribution in [3.8, 4) is 0 Å². The Hall–Kier alpha value is -0.800. The van der Waals surface area contributed by atoms with Gasteiger partial charge >= 0.3 is 0 Å². The van der Waals surface area contributed by atoms with Crippen LogP contribution in [0.1, 0.15) is 25.4 Å². The fourth-order valence-electron chi connectivity index (χ4n) is 1.23. The van der Waals surface area contributed by atoms with Crippen LogP contribution in [0.3, 0.4) is 0 Å². The second kappa shape index (κ2) is 3.29. The van der Waals surface area contributed by atoms with E-state index >= 15 is 0 Å². The lowest BCUT2D eigenvalue weighted by Crippen LogP contribution is -2.24. The Balaban J connectivity index is 2.04. The SMILES string of the molecule is CC1CCOC(c2ccco2)O1. The molecule has 1 fully saturated rings. The Labute approximate surface area is 71.3 Å². The molecule has 0 spiro atoms. The minimum atomic E-state index is -0.302. The van der Waals surface area contributed by atoms with Crippen molar-refractivity contribution in [1.29, 1.82) is 0 Å². The average Bonchev–Trinajstić information content (AvgIpc) is 2.56. The normalized spacial score (nSPS) is 30.4. The first-order valence-corrected chi connectivity index (χ1v) is 4.17. The lowest BCUT2D eigenvalue weighted by molar-refractivity contribution is -0.219. The molecule has 1 aromatic rings. The number of ether oxygens (including phenoxy) is 2. The lowest BCUT2D eigenvalue weighted by Gasteiger charge is -2.26. The minimum Gasteiger partial charge on any atom is -0.464 e. The third-order valence-corrected chi connectivity index (χ3v) is 1.92. The highest BCUT2D eigenvalue weighted by Gasteiger charge is 2.22. The van der Waals surface area contributed by atoms with Crippen LogP contribution in [-0.2, 0) is 9.47 Å². The molecular weight excluding hydrogens is 156 g/mol. The topological polar surface area (TPSA) is 31.6 Å². The molecule has 3 nitrogen and oxygen atoms in total. The molecule has 2 unspecified atom stereocenters. The zero-order valence-electron chi connectivity index (χ0n) is 7.03. The van der Waals surface area contributed by atoms with Gasteiger partial charge in [-0.3, -0.25) is 0 Å². The van der Waals surface area contributed by atoms with E-state index in [4.69, 9.17) is 13.9 Å². The minimum absolute atomic E-state index is 0.258. The molecule has 0 aromatic carbocycles. The van der Waals surface area contributed by atoms with Crippen molar-refractivity contribution in [1.82, 2.24) is 0 Å². The lowest BCUT2D eigenvalue weighted by atomic mass is 10.2. The molecular formula is C9H12O3. The van der Waals surface area contributed by atoms with E-state index < -0.39 is 0 Å². The largest absolute Gasteiger partial charge is 0.464 e. The summed E-state index contributed by atoms with van der Waals surface area (Å²) in [4.78, 5) is 0. The summed E-state index contributed by atoms with van der Waals surface area (Å²) < 4.78 is 16.1. The molecule has 0 amide bonds. The maximum atomic E-state index is 5.51. The first-order valence-electron chi connectivity index (χ1n) is 4.17. The molecule has 2 atom stereocenters. The molecule has 66 valence electrons. The van der Waals surface area contributed by atoms with Crippen LogP contribution in [0.25, 0.3) is 0 Å². The second-order valence-electron chi connectivity index (χ2n) is 2.95. The van der Waals surface area contributed by atoms with Crippen LogP contribution < -0.4 is 0 Å². The summed E-state index contributed by atoms with van der Waals surface area (Å²) >= 11 is 0. The summed E-state index contributed by atoms with van der Waals surface area (Å²) in [5.74, 6) is 0.751. The zero-order valence-corrected chi connectivity index (χ0v) is 7.03. The molecule has 0 N–H and O–H groups in total. The van der Waals surface area contributed by atoms with Crippen LogP contribution >= 0.6 is 0 Å². The second-order valence-corrected chi connectivity index (χ2v) is 2.95. The smallest absolute Gasteiger partial charge is 0.217 e. The average molecular weight is 168 g/mol. The van der Waals surface area contributed by atoms with E-state index in [-0.39, 0.29) is 12.4 Å². The first kappa shape index (κ1) is 7.83. The fraction of sp³-hybridized carbons (Fsp3) is 0.556. The third-order valence-electron chi connectivity index (χ3n) is 1.92. The van der Waals surface area contributed by atoms with Gasteiger partial charge in [0, 0.05) is 0 Å². The van der Waals surface area contributed by atoms with Gasteiger partial charge in [-0.15, -0.1) is 0 Å². The van der Waals surface area contributed by atoms with Crippen molar-refractivity contribution >= 4 is 0 Å². The van der Waals surface area contributed by atoms with Crippen molar-refractivity contribution < 1.29 is 13.9 Å². The van der Waals surface area contributed by atoms with Crippen molar-refractivity contribution in [3.05, 3.63) is 24.2 Å². The summed E-state index contributed by atoms with van der Waals surface area (Å²) in [5, 5.41) is 0. The number of rotatable bonds is 1. The maximum absolute atomic E-state index is 5.51. The highest BCUT2D eigenvalue weighted by atomic mass is 16.7.